The van der Waals surface area contributed by atoms with Crippen LogP contribution in [0, 0.1) is 27.2 Å². The molecule has 1 aromatic heterocycles. The van der Waals surface area contributed by atoms with Crippen LogP contribution in [0.4, 0.5) is 39.8 Å². The van der Waals surface area contributed by atoms with Gasteiger partial charge in [0.1, 0.15) is 39.0 Å². The van der Waals surface area contributed by atoms with Crippen LogP contribution in [0.1, 0.15) is 7.12 Å². The van der Waals surface area contributed by atoms with Gasteiger partial charge in [0.2, 0.25) is 5.91 Å². The van der Waals surface area contributed by atoms with Gasteiger partial charge in [-0.3, -0.25) is 29.6 Å². The maximum Gasteiger partial charge on any atom is 1.00 e. The predicted molar refractivity (Wildman–Crippen MR) is 203 cm³/mol. The van der Waals surface area contributed by atoms with Gasteiger partial charge in [-0.15, -0.1) is 15.9 Å². The van der Waals surface area contributed by atoms with Gasteiger partial charge >= 0.3 is 31.0 Å². The molecule has 0 saturated carbocycles. The van der Waals surface area contributed by atoms with Crippen molar-refractivity contribution in [1.29, 1.82) is 0 Å². The van der Waals surface area contributed by atoms with Crippen molar-refractivity contribution >= 4 is 66.6 Å². The van der Waals surface area contributed by atoms with Crippen molar-refractivity contribution in [3.05, 3.63) is 140 Å². The number of amides is 1. The van der Waals surface area contributed by atoms with Crippen LogP contribution < -0.4 is 40.4 Å². The van der Waals surface area contributed by atoms with Crippen LogP contribution >= 0.6 is 0 Å². The number of azo groups is 2. The standard InChI is InChI=1S/C19H14N4O8S.C16H12N5O4.Cr.Na/c1-2-17(25)20-11-4-3-10-7-16(32(29,30)31)18(19(26)13(10)8-11)22-21-14-9-12(23(27)28)5-6-15(14)24;1-10-15(16(23)20(19-10)11-5-3-2-4-6-11)18-17-13-9-12(21(24)25)7-8-14(13)22;;/h2-9,24,26H,1H2,(H,20,25)(H,29,30,31);2-9,22H,1H3;;/q;-1;;+1/p+1. The van der Waals surface area contributed by atoms with Gasteiger partial charge in [0.15, 0.2) is 5.75 Å². The van der Waals surface area contributed by atoms with E-state index in [1.54, 1.807) is 31.2 Å². The number of carbonyl (C=O) groups is 1. The number of phenols is 3. The van der Waals surface area contributed by atoms with Gasteiger partial charge < -0.3 is 30.5 Å². The number of anilines is 1. The normalized spacial score (nSPS) is 10.9. The van der Waals surface area contributed by atoms with E-state index in [1.807, 2.05) is 6.07 Å². The van der Waals surface area contributed by atoms with Gasteiger partial charge in [0, 0.05) is 52.7 Å². The van der Waals surface area contributed by atoms with Crippen LogP contribution in [0.2, 0.25) is 0 Å². The van der Waals surface area contributed by atoms with Gasteiger partial charge in [0.05, 0.1) is 15.5 Å². The number of aryl methyl sites for hydroxylation is 1. The number of phenolic OH excluding ortho intramolecular Hbond substituents is 3. The number of aromatic hydroxyl groups is 3. The quantitative estimate of drug-likeness (QED) is 0.0244. The molecule has 0 spiro atoms. The summed E-state index contributed by atoms with van der Waals surface area (Å²) >= 11 is 0. The SMILES string of the molecule is C=CC(=O)Nc1ccc2cc(S(=O)(=O)O)c(N=Nc3cc([N+](=O)[O-])ccc3O)c(O)c2c1.Cc1nn(-c2ccccc2)c(=O)[c-]1N=Nc1cc([N+](=O)[O-])ccc1O.[Cr].[H+].[Na+]. The van der Waals surface area contributed by atoms with Crippen LogP contribution in [-0.4, -0.2) is 53.8 Å². The number of nitrogens with one attached hydrogen (secondary N) is 1. The summed E-state index contributed by atoms with van der Waals surface area (Å²) in [5.41, 5.74) is -1.14. The Morgan fingerprint density at radius 3 is 2.02 bits per heavy atom. The summed E-state index contributed by atoms with van der Waals surface area (Å²) < 4.78 is 34.5. The Bertz CT molecular complexity index is 2840. The maximum absolute atomic E-state index is 12.4. The first-order valence-corrected chi connectivity index (χ1v) is 17.2. The summed E-state index contributed by atoms with van der Waals surface area (Å²) in [5, 5.41) is 73.6. The Kier molecular flexibility index (Phi) is 15.6. The molecule has 0 aliphatic carbocycles. The van der Waals surface area contributed by atoms with Crippen LogP contribution in [0.5, 0.6) is 17.2 Å². The number of nitrogens with zero attached hydrogens (tertiary/aromatic N) is 8. The number of carbonyl (C=O) groups excluding carboxylic acids is 1. The van der Waals surface area contributed by atoms with Crippen molar-refractivity contribution in [2.24, 2.45) is 20.5 Å². The summed E-state index contributed by atoms with van der Waals surface area (Å²) in [6, 6.07) is 20.2. The minimum absolute atomic E-state index is 0. The topological polar surface area (TPSA) is 315 Å². The zero-order chi connectivity index (χ0) is 41.6. The fourth-order valence-electron chi connectivity index (χ4n) is 4.88. The third kappa shape index (κ3) is 11.1. The third-order valence-corrected chi connectivity index (χ3v) is 8.49. The molecule has 6 aromatic rings. The number of nitro groups is 2. The Balaban J connectivity index is 0.000000404. The smallest absolute Gasteiger partial charge is 0.506 e. The summed E-state index contributed by atoms with van der Waals surface area (Å²) in [5.74, 6) is -2.02. The Hall–Kier alpha value is -6.58. The molecule has 1 heterocycles. The van der Waals surface area contributed by atoms with Gasteiger partial charge in [-0.2, -0.15) is 13.5 Å². The van der Waals surface area contributed by atoms with Crippen molar-refractivity contribution in [3.8, 4) is 22.9 Å². The number of aromatic nitrogens is 2. The van der Waals surface area contributed by atoms with Gasteiger partial charge in [-0.1, -0.05) is 43.5 Å². The zero-order valence-corrected chi connectivity index (χ0v) is 34.5. The molecular weight excluding hydrogens is 845 g/mol. The van der Waals surface area contributed by atoms with Gasteiger partial charge in [-0.25, -0.2) is 9.78 Å². The molecule has 0 fully saturated rings. The largest absolute Gasteiger partial charge is 1.00 e. The second-order valence-corrected chi connectivity index (χ2v) is 12.8. The number of fused-ring (bicyclic) bond motifs is 1. The van der Waals surface area contributed by atoms with E-state index in [4.69, 9.17) is 0 Å². The third-order valence-electron chi connectivity index (χ3n) is 7.63. The Labute approximate surface area is 366 Å². The molecule has 0 saturated heterocycles. The molecule has 296 valence electrons. The number of benzene rings is 5. The van der Waals surface area contributed by atoms with Gasteiger partial charge in [-0.05, 0) is 53.9 Å². The monoisotopic (exact) mass is 872 g/mol. The van der Waals surface area contributed by atoms with Crippen molar-refractivity contribution in [3.63, 3.8) is 0 Å². The molecule has 0 aliphatic rings. The molecule has 0 unspecified atom stereocenters. The Morgan fingerprint density at radius 2 is 1.47 bits per heavy atom. The number of rotatable bonds is 10. The fourth-order valence-corrected chi connectivity index (χ4v) is 5.54. The first-order chi connectivity index (χ1) is 27.0. The first-order valence-electron chi connectivity index (χ1n) is 15.8. The second kappa shape index (κ2) is 19.7. The number of para-hydroxylation sites is 1. The predicted octanol–water partition coefficient (Wildman–Crippen LogP) is 4.35. The fraction of sp³-hybridized carbons (Fsp3) is 0.0286. The number of hydrogen-bond donors (Lipinski definition) is 5. The van der Waals surface area contributed by atoms with Crippen LogP contribution in [0.25, 0.3) is 16.5 Å². The van der Waals surface area contributed by atoms with Gasteiger partial charge in [0.25, 0.3) is 21.5 Å². The van der Waals surface area contributed by atoms with E-state index in [0.29, 0.717) is 11.4 Å². The summed E-state index contributed by atoms with van der Waals surface area (Å²) in [6.07, 6.45) is 1.02. The average Bonchev–Trinajstić information content (AvgIpc) is 3.46. The summed E-state index contributed by atoms with van der Waals surface area (Å²) in [7, 11) is -4.88. The molecule has 1 amide bonds. The van der Waals surface area contributed by atoms with E-state index < -0.39 is 59.2 Å². The maximum atomic E-state index is 12.4. The molecule has 5 aromatic carbocycles. The molecule has 24 heteroatoms. The summed E-state index contributed by atoms with van der Waals surface area (Å²) in [6.45, 7) is 4.92. The van der Waals surface area contributed by atoms with Crippen molar-refractivity contribution in [2.45, 2.75) is 11.8 Å². The number of non-ortho nitro benzene ring substituents is 2. The summed E-state index contributed by atoms with van der Waals surface area (Å²) in [4.78, 5) is 43.5. The molecule has 0 aliphatic heterocycles. The molecule has 0 radical (unpaired) electrons. The van der Waals surface area contributed by atoms with E-state index in [-0.39, 0.29) is 93.3 Å². The van der Waals surface area contributed by atoms with E-state index >= 15 is 0 Å². The van der Waals surface area contributed by atoms with Crippen molar-refractivity contribution in [2.75, 3.05) is 5.32 Å². The van der Waals surface area contributed by atoms with Crippen molar-refractivity contribution in [1.82, 2.24) is 9.78 Å². The van der Waals surface area contributed by atoms with Crippen LogP contribution in [0.3, 0.4) is 0 Å². The first kappa shape index (κ1) is 46.8. The van der Waals surface area contributed by atoms with Crippen molar-refractivity contribution < 1.29 is 91.3 Å². The van der Waals surface area contributed by atoms with Crippen LogP contribution in [0.15, 0.2) is 134 Å². The number of hydrogen-bond acceptors (Lipinski definition) is 16. The molecule has 21 nitrogen and oxygen atoms in total. The van der Waals surface area contributed by atoms with E-state index in [0.717, 1.165) is 48.5 Å². The molecule has 0 bridgehead atoms. The van der Waals surface area contributed by atoms with E-state index in [9.17, 15) is 58.1 Å². The minimum Gasteiger partial charge on any atom is -0.506 e. The molecule has 0 atom stereocenters. The van der Waals surface area contributed by atoms with Crippen LogP contribution in [-0.2, 0) is 32.3 Å². The van der Waals surface area contributed by atoms with E-state index in [2.05, 4.69) is 37.5 Å². The average molecular weight is 873 g/mol. The molecule has 5 N–H and O–H groups in total. The zero-order valence-electron chi connectivity index (χ0n) is 31.4. The molecular formula is C35H27CrN9NaO12S+. The molecule has 6 rings (SSSR count). The minimum atomic E-state index is -4.88. The van der Waals surface area contributed by atoms with E-state index in [1.165, 1.54) is 22.9 Å². The second-order valence-electron chi connectivity index (χ2n) is 11.4. The number of nitro benzene ring substituents is 2. The molecule has 59 heavy (non-hydrogen) atoms. The Morgan fingerprint density at radius 1 is 0.898 bits per heavy atom.